The van der Waals surface area contributed by atoms with Crippen LogP contribution in [0.3, 0.4) is 0 Å². The average Bonchev–Trinajstić information content (AvgIpc) is 3.50. The van der Waals surface area contributed by atoms with E-state index in [1.54, 1.807) is 0 Å². The minimum absolute atomic E-state index is 0.0168. The lowest BCUT2D eigenvalue weighted by molar-refractivity contribution is -0.159. The molecule has 1 aliphatic carbocycles. The van der Waals surface area contributed by atoms with E-state index >= 15 is 0 Å². The van der Waals surface area contributed by atoms with Crippen molar-refractivity contribution < 1.29 is 33.1 Å². The number of β-lactam (4-membered cyclic amide) rings is 1. The first-order chi connectivity index (χ1) is 17.0. The summed E-state index contributed by atoms with van der Waals surface area (Å²) in [6.07, 6.45) is -0.122. The number of nitrogens with zero attached hydrogens (tertiary/aromatic N) is 1. The van der Waals surface area contributed by atoms with Crippen molar-refractivity contribution in [2.45, 2.75) is 75.4 Å². The van der Waals surface area contributed by atoms with Gasteiger partial charge in [0.2, 0.25) is 11.8 Å². The van der Waals surface area contributed by atoms with E-state index in [-0.39, 0.29) is 40.8 Å². The second-order valence-corrected chi connectivity index (χ2v) is 11.6. The molecule has 0 bridgehead atoms. The van der Waals surface area contributed by atoms with Crippen LogP contribution in [0.4, 0.5) is 8.78 Å². The Labute approximate surface area is 212 Å². The van der Waals surface area contributed by atoms with Crippen LogP contribution in [0.25, 0.3) is 0 Å². The number of hydrogen-bond acceptors (Lipinski definition) is 7. The molecule has 13 heteroatoms. The number of amides is 3. The summed E-state index contributed by atoms with van der Waals surface area (Å²) in [5.74, 6) is -4.28. The molecule has 3 fully saturated rings. The van der Waals surface area contributed by atoms with E-state index in [1.807, 2.05) is 6.92 Å². The lowest BCUT2D eigenvalue weighted by atomic mass is 9.78. The number of hydrogen-bond donors (Lipinski definition) is 5. The molecule has 10 nitrogen and oxygen atoms in total. The molecule has 0 spiro atoms. The van der Waals surface area contributed by atoms with Gasteiger partial charge in [0.05, 0.1) is 12.0 Å². The van der Waals surface area contributed by atoms with Gasteiger partial charge < -0.3 is 31.7 Å². The molecule has 200 valence electrons. The van der Waals surface area contributed by atoms with Gasteiger partial charge in [-0.1, -0.05) is 6.92 Å². The van der Waals surface area contributed by atoms with Crippen molar-refractivity contribution in [3.05, 3.63) is 10.6 Å². The monoisotopic (exact) mass is 529 g/mol. The maximum Gasteiger partial charge on any atom is 0.353 e. The van der Waals surface area contributed by atoms with Crippen LogP contribution in [0.15, 0.2) is 10.6 Å². The predicted molar refractivity (Wildman–Crippen MR) is 128 cm³/mol. The Bertz CT molecular complexity index is 965. The molecule has 0 radical (unpaired) electrons. The molecular weight excluding hydrogens is 496 g/mol. The quantitative estimate of drug-likeness (QED) is 0.266. The summed E-state index contributed by atoms with van der Waals surface area (Å²) in [6.45, 7) is 4.39. The van der Waals surface area contributed by atoms with Crippen LogP contribution in [0, 0.1) is 17.8 Å². The first-order valence-corrected chi connectivity index (χ1v) is 13.2. The number of carbonyl (C=O) groups excluding carboxylic acids is 3. The van der Waals surface area contributed by atoms with E-state index in [4.69, 9.17) is 5.73 Å². The van der Waals surface area contributed by atoms with Crippen LogP contribution in [0.5, 0.6) is 0 Å². The number of carboxylic acid groups (broad SMARTS) is 1. The van der Waals surface area contributed by atoms with Crippen molar-refractivity contribution in [2.24, 2.45) is 23.5 Å². The summed E-state index contributed by atoms with van der Waals surface area (Å²) in [7, 11) is 0. The fraction of sp³-hybridized carbons (Fsp3) is 0.739. The maximum absolute atomic E-state index is 12.8. The third kappa shape index (κ3) is 5.10. The normalized spacial score (nSPS) is 34.6. The van der Waals surface area contributed by atoms with E-state index in [9.17, 15) is 33.1 Å². The lowest BCUT2D eigenvalue weighted by Gasteiger charge is -2.47. The molecule has 3 heterocycles. The number of nitrogens with one attached hydrogen (secondary N) is 3. The zero-order valence-corrected chi connectivity index (χ0v) is 21.0. The molecule has 0 unspecified atom stereocenters. The second-order valence-electron chi connectivity index (χ2n) is 10.2. The lowest BCUT2D eigenvalue weighted by Crippen LogP contribution is -2.66. The number of alkyl halides is 2. The predicted octanol–water partition coefficient (Wildman–Crippen LogP) is 0.236. The smallest absolute Gasteiger partial charge is 0.353 e. The molecule has 4 rings (SSSR count). The van der Waals surface area contributed by atoms with Gasteiger partial charge >= 0.3 is 12.4 Å². The van der Waals surface area contributed by atoms with Gasteiger partial charge in [-0.2, -0.15) is 8.78 Å². The van der Waals surface area contributed by atoms with Crippen molar-refractivity contribution in [1.29, 1.82) is 0 Å². The molecule has 36 heavy (non-hydrogen) atoms. The topological polar surface area (TPSA) is 154 Å². The van der Waals surface area contributed by atoms with Crippen LogP contribution in [-0.2, 0) is 19.2 Å². The average molecular weight is 530 g/mol. The Kier molecular flexibility index (Phi) is 7.91. The highest BCUT2D eigenvalue weighted by atomic mass is 32.2. The minimum Gasteiger partial charge on any atom is -0.477 e. The molecule has 0 aromatic rings. The number of thioether (sulfide) groups is 1. The fourth-order valence-electron chi connectivity index (χ4n) is 5.90. The summed E-state index contributed by atoms with van der Waals surface area (Å²) in [4.78, 5) is 50.6. The molecular formula is C23H33F2N5O5S. The van der Waals surface area contributed by atoms with Crippen LogP contribution in [0.2, 0.25) is 0 Å². The standard InChI is InChI=1S/C23H33F2N5O5S/c1-9-16-15(10(2)29-21(32)19(24)25)22(33)30(16)17(23(34)35)18(9)36-14-6-13(27-8-14)7-28-20(31)11-3-4-12(26)5-11/h9-16,19,27H,3-8,26H2,1-2H3,(H,28,31)(H,29,32)(H,34,35)/t9-,10-,11+,12-,13+,14+,15-,16-/m1/s1. The Balaban J connectivity index is 1.36. The van der Waals surface area contributed by atoms with Gasteiger partial charge in [0.15, 0.2) is 0 Å². The highest BCUT2D eigenvalue weighted by Crippen LogP contribution is 2.51. The van der Waals surface area contributed by atoms with Crippen LogP contribution < -0.4 is 21.7 Å². The summed E-state index contributed by atoms with van der Waals surface area (Å²) in [5.41, 5.74) is 5.83. The molecule has 2 saturated heterocycles. The number of carboxylic acids is 1. The van der Waals surface area contributed by atoms with Crippen LogP contribution in [0.1, 0.15) is 39.5 Å². The summed E-state index contributed by atoms with van der Waals surface area (Å²) >= 11 is 1.41. The van der Waals surface area contributed by atoms with Crippen molar-refractivity contribution >= 4 is 35.5 Å². The van der Waals surface area contributed by atoms with Crippen molar-refractivity contribution in [3.8, 4) is 0 Å². The fourth-order valence-corrected chi connectivity index (χ4v) is 7.42. The number of halogens is 2. The third-order valence-electron chi connectivity index (χ3n) is 7.74. The first kappa shape index (κ1) is 26.8. The second kappa shape index (κ2) is 10.6. The van der Waals surface area contributed by atoms with E-state index in [2.05, 4.69) is 16.0 Å². The Morgan fingerprint density at radius 3 is 2.61 bits per heavy atom. The maximum atomic E-state index is 12.8. The SMILES string of the molecule is C[C@@H](NC(=O)C(F)F)[C@H]1C(=O)N2C(C(=O)O)=C(S[C@@H]3CN[C@H](CNC(=O)[C@H]4CC[C@@H](N)C4)C3)[C@H](C)[C@H]12. The van der Waals surface area contributed by atoms with E-state index in [1.165, 1.54) is 23.6 Å². The van der Waals surface area contributed by atoms with E-state index in [0.717, 1.165) is 12.8 Å². The van der Waals surface area contributed by atoms with Gasteiger partial charge in [-0.25, -0.2) is 4.79 Å². The number of nitrogens with two attached hydrogens (primary N) is 1. The highest BCUT2D eigenvalue weighted by Gasteiger charge is 2.60. The van der Waals surface area contributed by atoms with Gasteiger partial charge in [-0.3, -0.25) is 14.4 Å². The molecule has 0 aromatic heterocycles. The summed E-state index contributed by atoms with van der Waals surface area (Å²) in [5, 5.41) is 18.4. The number of aliphatic carboxylic acids is 1. The Morgan fingerprint density at radius 1 is 1.28 bits per heavy atom. The highest BCUT2D eigenvalue weighted by molar-refractivity contribution is 8.03. The largest absolute Gasteiger partial charge is 0.477 e. The Morgan fingerprint density at radius 2 is 2.00 bits per heavy atom. The van der Waals surface area contributed by atoms with E-state index < -0.39 is 42.2 Å². The minimum atomic E-state index is -3.19. The van der Waals surface area contributed by atoms with Gasteiger partial charge in [0, 0.05) is 53.2 Å². The summed E-state index contributed by atoms with van der Waals surface area (Å²) < 4.78 is 25.3. The molecule has 6 N–H and O–H groups in total. The zero-order chi connectivity index (χ0) is 26.3. The van der Waals surface area contributed by atoms with Crippen molar-refractivity contribution in [2.75, 3.05) is 13.1 Å². The number of rotatable bonds is 9. The van der Waals surface area contributed by atoms with Gasteiger partial charge in [0.1, 0.15) is 5.70 Å². The molecule has 8 atom stereocenters. The van der Waals surface area contributed by atoms with Crippen LogP contribution in [-0.4, -0.2) is 82.6 Å². The van der Waals surface area contributed by atoms with Crippen molar-refractivity contribution in [3.63, 3.8) is 0 Å². The first-order valence-electron chi connectivity index (χ1n) is 12.3. The van der Waals surface area contributed by atoms with E-state index in [0.29, 0.717) is 30.8 Å². The zero-order valence-electron chi connectivity index (χ0n) is 20.2. The molecule has 4 aliphatic rings. The number of fused-ring (bicyclic) bond motifs is 1. The molecule has 0 aromatic carbocycles. The molecule has 3 amide bonds. The molecule has 1 saturated carbocycles. The summed E-state index contributed by atoms with van der Waals surface area (Å²) in [6, 6.07) is -1.24. The Hall–Kier alpha value is -2.25. The van der Waals surface area contributed by atoms with Gasteiger partial charge in [-0.15, -0.1) is 11.8 Å². The van der Waals surface area contributed by atoms with Crippen LogP contribution >= 0.6 is 11.8 Å². The third-order valence-corrected chi connectivity index (χ3v) is 9.25. The molecule has 3 aliphatic heterocycles. The van der Waals surface area contributed by atoms with Gasteiger partial charge in [-0.05, 0) is 32.6 Å². The van der Waals surface area contributed by atoms with Crippen molar-refractivity contribution in [1.82, 2.24) is 20.9 Å². The van der Waals surface area contributed by atoms with Gasteiger partial charge in [0.25, 0.3) is 5.91 Å². The number of carbonyl (C=O) groups is 4.